The Bertz CT molecular complexity index is 110. The molecule has 0 heterocycles. The molecular formula is C11H23N. The van der Waals surface area contributed by atoms with Gasteiger partial charge in [-0.2, -0.15) is 0 Å². The van der Waals surface area contributed by atoms with Crippen LogP contribution in [0.1, 0.15) is 40.0 Å². The molecule has 72 valence electrons. The lowest BCUT2D eigenvalue weighted by atomic mass is 10.0. The third kappa shape index (κ3) is 5.36. The van der Waals surface area contributed by atoms with Gasteiger partial charge in [-0.25, -0.2) is 0 Å². The zero-order valence-corrected chi connectivity index (χ0v) is 8.77. The molecule has 0 aromatic rings. The summed E-state index contributed by atoms with van der Waals surface area (Å²) in [4.78, 5) is 0. The standard InChI is InChI=1S/C11H23N/c1-5-8-11(7-3)9-12-10(4)6-2/h6,10-12H,2,5,7-9H2,1,3-4H3/t10-,11?/m1/s1. The molecule has 12 heavy (non-hydrogen) atoms. The van der Waals surface area contributed by atoms with Crippen molar-refractivity contribution in [1.29, 1.82) is 0 Å². The predicted molar refractivity (Wildman–Crippen MR) is 56.4 cm³/mol. The first kappa shape index (κ1) is 11.7. The van der Waals surface area contributed by atoms with E-state index in [0.29, 0.717) is 6.04 Å². The zero-order chi connectivity index (χ0) is 9.40. The van der Waals surface area contributed by atoms with Crippen molar-refractivity contribution in [1.82, 2.24) is 5.32 Å². The average molecular weight is 169 g/mol. The molecular weight excluding hydrogens is 146 g/mol. The van der Waals surface area contributed by atoms with Crippen molar-refractivity contribution in [2.24, 2.45) is 5.92 Å². The number of hydrogen-bond acceptors (Lipinski definition) is 1. The van der Waals surface area contributed by atoms with Crippen molar-refractivity contribution in [2.75, 3.05) is 6.54 Å². The van der Waals surface area contributed by atoms with Gasteiger partial charge >= 0.3 is 0 Å². The summed E-state index contributed by atoms with van der Waals surface area (Å²) in [5.41, 5.74) is 0. The Balaban J connectivity index is 3.49. The van der Waals surface area contributed by atoms with E-state index in [1.807, 2.05) is 6.08 Å². The van der Waals surface area contributed by atoms with Crippen LogP contribution >= 0.6 is 0 Å². The van der Waals surface area contributed by atoms with Crippen molar-refractivity contribution >= 4 is 0 Å². The van der Waals surface area contributed by atoms with Crippen LogP contribution in [0, 0.1) is 5.92 Å². The fraction of sp³-hybridized carbons (Fsp3) is 0.818. The van der Waals surface area contributed by atoms with Crippen molar-refractivity contribution in [3.05, 3.63) is 12.7 Å². The summed E-state index contributed by atoms with van der Waals surface area (Å²) in [5, 5.41) is 3.45. The van der Waals surface area contributed by atoms with Crippen LogP contribution in [0.2, 0.25) is 0 Å². The van der Waals surface area contributed by atoms with Gasteiger partial charge in [-0.1, -0.05) is 32.8 Å². The minimum Gasteiger partial charge on any atom is -0.311 e. The highest BCUT2D eigenvalue weighted by Gasteiger charge is 2.04. The van der Waals surface area contributed by atoms with Crippen LogP contribution in [-0.2, 0) is 0 Å². The Morgan fingerprint density at radius 3 is 2.50 bits per heavy atom. The van der Waals surface area contributed by atoms with Crippen molar-refractivity contribution in [3.63, 3.8) is 0 Å². The van der Waals surface area contributed by atoms with Gasteiger partial charge in [0, 0.05) is 6.04 Å². The lowest BCUT2D eigenvalue weighted by molar-refractivity contribution is 0.419. The van der Waals surface area contributed by atoms with Crippen LogP contribution in [-0.4, -0.2) is 12.6 Å². The maximum absolute atomic E-state index is 3.75. The lowest BCUT2D eigenvalue weighted by Gasteiger charge is -2.16. The molecule has 0 aliphatic heterocycles. The minimum atomic E-state index is 0.455. The van der Waals surface area contributed by atoms with Crippen LogP contribution in [0.5, 0.6) is 0 Å². The maximum atomic E-state index is 3.75. The molecule has 0 aromatic heterocycles. The van der Waals surface area contributed by atoms with Crippen molar-refractivity contribution in [3.8, 4) is 0 Å². The van der Waals surface area contributed by atoms with Gasteiger partial charge in [0.1, 0.15) is 0 Å². The maximum Gasteiger partial charge on any atom is 0.0219 e. The normalized spacial score (nSPS) is 15.6. The Morgan fingerprint density at radius 2 is 2.08 bits per heavy atom. The van der Waals surface area contributed by atoms with Gasteiger partial charge in [-0.3, -0.25) is 0 Å². The number of rotatable bonds is 7. The molecule has 1 heteroatoms. The molecule has 0 bridgehead atoms. The Hall–Kier alpha value is -0.300. The molecule has 1 N–H and O–H groups in total. The molecule has 0 amide bonds. The van der Waals surface area contributed by atoms with E-state index in [1.54, 1.807) is 0 Å². The van der Waals surface area contributed by atoms with E-state index < -0.39 is 0 Å². The van der Waals surface area contributed by atoms with Crippen LogP contribution in [0.4, 0.5) is 0 Å². The number of hydrogen-bond donors (Lipinski definition) is 1. The summed E-state index contributed by atoms with van der Waals surface area (Å²) in [6.45, 7) is 11.5. The Kier molecular flexibility index (Phi) is 7.17. The van der Waals surface area contributed by atoms with E-state index in [-0.39, 0.29) is 0 Å². The summed E-state index contributed by atoms with van der Waals surface area (Å²) in [6, 6.07) is 0.455. The van der Waals surface area contributed by atoms with Crippen LogP contribution in [0.15, 0.2) is 12.7 Å². The van der Waals surface area contributed by atoms with Crippen molar-refractivity contribution in [2.45, 2.75) is 46.1 Å². The number of nitrogens with one attached hydrogen (secondary N) is 1. The highest BCUT2D eigenvalue weighted by molar-refractivity contribution is 4.81. The molecule has 0 spiro atoms. The molecule has 0 aliphatic rings. The molecule has 0 radical (unpaired) electrons. The van der Waals surface area contributed by atoms with Gasteiger partial charge in [0.25, 0.3) is 0 Å². The molecule has 0 saturated heterocycles. The molecule has 0 aromatic carbocycles. The average Bonchev–Trinajstić information content (AvgIpc) is 2.11. The molecule has 0 saturated carbocycles. The summed E-state index contributed by atoms with van der Waals surface area (Å²) in [7, 11) is 0. The first-order valence-electron chi connectivity index (χ1n) is 5.10. The first-order chi connectivity index (χ1) is 5.74. The van der Waals surface area contributed by atoms with Crippen LogP contribution < -0.4 is 5.32 Å². The molecule has 0 rings (SSSR count). The summed E-state index contributed by atoms with van der Waals surface area (Å²) in [6.07, 6.45) is 5.87. The highest BCUT2D eigenvalue weighted by Crippen LogP contribution is 2.09. The lowest BCUT2D eigenvalue weighted by Crippen LogP contribution is -2.29. The largest absolute Gasteiger partial charge is 0.311 e. The van der Waals surface area contributed by atoms with E-state index >= 15 is 0 Å². The quantitative estimate of drug-likeness (QED) is 0.578. The third-order valence-corrected chi connectivity index (χ3v) is 2.36. The molecule has 1 unspecified atom stereocenters. The van der Waals surface area contributed by atoms with Gasteiger partial charge in [0.05, 0.1) is 0 Å². The van der Waals surface area contributed by atoms with Crippen molar-refractivity contribution < 1.29 is 0 Å². The van der Waals surface area contributed by atoms with Crippen LogP contribution in [0.3, 0.4) is 0 Å². The highest BCUT2D eigenvalue weighted by atomic mass is 14.9. The van der Waals surface area contributed by atoms with Gasteiger partial charge in [-0.15, -0.1) is 6.58 Å². The topological polar surface area (TPSA) is 12.0 Å². The summed E-state index contributed by atoms with van der Waals surface area (Å²) >= 11 is 0. The fourth-order valence-corrected chi connectivity index (χ4v) is 1.29. The first-order valence-corrected chi connectivity index (χ1v) is 5.10. The fourth-order valence-electron chi connectivity index (χ4n) is 1.29. The second kappa shape index (κ2) is 7.35. The molecule has 2 atom stereocenters. The summed E-state index contributed by atoms with van der Waals surface area (Å²) in [5.74, 6) is 0.845. The van der Waals surface area contributed by atoms with E-state index in [1.165, 1.54) is 19.3 Å². The monoisotopic (exact) mass is 169 g/mol. The SMILES string of the molecule is C=C[C@@H](C)NCC(CC)CCC. The second-order valence-corrected chi connectivity index (χ2v) is 3.50. The molecule has 1 nitrogen and oxygen atoms in total. The van der Waals surface area contributed by atoms with Gasteiger partial charge in [0.15, 0.2) is 0 Å². The molecule has 0 fully saturated rings. The zero-order valence-electron chi connectivity index (χ0n) is 8.77. The van der Waals surface area contributed by atoms with Gasteiger partial charge in [0.2, 0.25) is 0 Å². The predicted octanol–water partition coefficient (Wildman–Crippen LogP) is 2.98. The minimum absolute atomic E-state index is 0.455. The summed E-state index contributed by atoms with van der Waals surface area (Å²) < 4.78 is 0. The van der Waals surface area contributed by atoms with Crippen LogP contribution in [0.25, 0.3) is 0 Å². The second-order valence-electron chi connectivity index (χ2n) is 3.50. The van der Waals surface area contributed by atoms with Gasteiger partial charge < -0.3 is 5.32 Å². The van der Waals surface area contributed by atoms with E-state index in [0.717, 1.165) is 12.5 Å². The Labute approximate surface area is 77.2 Å². The third-order valence-electron chi connectivity index (χ3n) is 2.36. The van der Waals surface area contributed by atoms with E-state index in [2.05, 4.69) is 32.7 Å². The smallest absolute Gasteiger partial charge is 0.0219 e. The van der Waals surface area contributed by atoms with Gasteiger partial charge in [-0.05, 0) is 25.8 Å². The molecule has 0 aliphatic carbocycles. The van der Waals surface area contributed by atoms with E-state index in [9.17, 15) is 0 Å². The Morgan fingerprint density at radius 1 is 1.42 bits per heavy atom. The van der Waals surface area contributed by atoms with E-state index in [4.69, 9.17) is 0 Å².